The van der Waals surface area contributed by atoms with Crippen LogP contribution in [-0.4, -0.2) is 88.8 Å². The van der Waals surface area contributed by atoms with Crippen molar-refractivity contribution in [2.75, 3.05) is 67.6 Å². The van der Waals surface area contributed by atoms with Crippen LogP contribution < -0.4 is 20.7 Å². The van der Waals surface area contributed by atoms with Gasteiger partial charge in [0.15, 0.2) is 0 Å². The maximum Gasteiger partial charge on any atom is 0.274 e. The number of Topliss-reactive ketones (excluding diaryl/α,β-unsaturated/α-hetero) is 1. The molecule has 8 rings (SSSR count). The average Bonchev–Trinajstić information content (AvgIpc) is 3.37. The SMILES string of the molecule is Cn1cc(-c2cc(F)cc(N3C=C4C(=O)C5=C(CCCC5)N4CC3)c2CO)cc(Nc2ccc(N3CCN(C4COC4)CC3)cn2)c1=O. The molecular weight excluding hydrogens is 613 g/mol. The third-order valence-corrected chi connectivity index (χ3v) is 10.4. The average molecular weight is 654 g/mol. The number of hydrogen-bond acceptors (Lipinski definition) is 10. The van der Waals surface area contributed by atoms with Crippen molar-refractivity contribution in [1.29, 1.82) is 0 Å². The highest BCUT2D eigenvalue weighted by Crippen LogP contribution is 2.41. The number of hydrogen-bond donors (Lipinski definition) is 2. The van der Waals surface area contributed by atoms with E-state index in [4.69, 9.17) is 4.74 Å². The van der Waals surface area contributed by atoms with Gasteiger partial charge in [-0.05, 0) is 61.6 Å². The molecule has 6 heterocycles. The highest BCUT2D eigenvalue weighted by atomic mass is 19.1. The summed E-state index contributed by atoms with van der Waals surface area (Å²) in [6.45, 7) is 6.24. The number of nitrogens with one attached hydrogen (secondary N) is 1. The number of carbonyl (C=O) groups excluding carboxylic acids is 1. The molecule has 48 heavy (non-hydrogen) atoms. The molecule has 0 saturated carbocycles. The summed E-state index contributed by atoms with van der Waals surface area (Å²) in [6.07, 6.45) is 9.06. The monoisotopic (exact) mass is 653 g/mol. The number of ether oxygens (including phenoxy) is 1. The summed E-state index contributed by atoms with van der Waals surface area (Å²) in [4.78, 5) is 39.9. The predicted octanol–water partition coefficient (Wildman–Crippen LogP) is 3.72. The summed E-state index contributed by atoms with van der Waals surface area (Å²) < 4.78 is 22.1. The van der Waals surface area contributed by atoms with Crippen LogP contribution in [0.5, 0.6) is 0 Å². The minimum Gasteiger partial charge on any atom is -0.392 e. The van der Waals surface area contributed by atoms with E-state index in [2.05, 4.69) is 25.0 Å². The van der Waals surface area contributed by atoms with Crippen molar-refractivity contribution in [3.8, 4) is 11.1 Å². The zero-order valence-electron chi connectivity index (χ0n) is 27.1. The van der Waals surface area contributed by atoms with Crippen molar-refractivity contribution in [2.45, 2.75) is 38.3 Å². The number of aliphatic hydroxyl groups is 1. The van der Waals surface area contributed by atoms with Crippen molar-refractivity contribution in [3.05, 3.63) is 87.6 Å². The van der Waals surface area contributed by atoms with Gasteiger partial charge in [-0.3, -0.25) is 14.5 Å². The van der Waals surface area contributed by atoms with Gasteiger partial charge in [0.1, 0.15) is 23.0 Å². The fourth-order valence-corrected chi connectivity index (χ4v) is 7.66. The number of aryl methyl sites for hydroxylation is 1. The molecule has 3 aromatic rings. The smallest absolute Gasteiger partial charge is 0.274 e. The van der Waals surface area contributed by atoms with Gasteiger partial charge in [0, 0.05) is 86.8 Å². The quantitative estimate of drug-likeness (QED) is 0.392. The van der Waals surface area contributed by atoms with E-state index >= 15 is 4.39 Å². The zero-order valence-corrected chi connectivity index (χ0v) is 27.1. The zero-order chi connectivity index (χ0) is 32.9. The fourth-order valence-electron chi connectivity index (χ4n) is 7.66. The molecule has 0 spiro atoms. The second kappa shape index (κ2) is 12.5. The van der Waals surface area contributed by atoms with Crippen LogP contribution in [-0.2, 0) is 23.2 Å². The summed E-state index contributed by atoms with van der Waals surface area (Å²) >= 11 is 0. The predicted molar refractivity (Wildman–Crippen MR) is 182 cm³/mol. The number of anilines is 4. The lowest BCUT2D eigenvalue weighted by atomic mass is 9.96. The number of pyridine rings is 2. The maximum absolute atomic E-state index is 15.4. The Hall–Kier alpha value is -4.52. The molecule has 0 amide bonds. The van der Waals surface area contributed by atoms with Gasteiger partial charge < -0.3 is 34.4 Å². The summed E-state index contributed by atoms with van der Waals surface area (Å²) in [7, 11) is 1.64. The molecule has 5 aliphatic rings. The van der Waals surface area contributed by atoms with Crippen LogP contribution in [0.4, 0.5) is 27.3 Å². The number of piperazine rings is 1. The largest absolute Gasteiger partial charge is 0.392 e. The maximum atomic E-state index is 15.4. The topological polar surface area (TPSA) is 106 Å². The molecule has 1 aliphatic carbocycles. The molecule has 0 atom stereocenters. The van der Waals surface area contributed by atoms with Gasteiger partial charge in [0.25, 0.3) is 5.56 Å². The summed E-state index contributed by atoms with van der Waals surface area (Å²) in [5, 5.41) is 13.8. The lowest BCUT2D eigenvalue weighted by molar-refractivity contribution is -0.112. The first kappa shape index (κ1) is 30.8. The van der Waals surface area contributed by atoms with Crippen LogP contribution in [0.15, 0.2) is 70.7 Å². The number of aliphatic hydroxyl groups excluding tert-OH is 1. The van der Waals surface area contributed by atoms with Gasteiger partial charge in [-0.15, -0.1) is 0 Å². The van der Waals surface area contributed by atoms with Gasteiger partial charge in [-0.1, -0.05) is 0 Å². The number of fused-ring (bicyclic) bond motifs is 2. The highest BCUT2D eigenvalue weighted by molar-refractivity contribution is 6.11. The van der Waals surface area contributed by atoms with Crippen LogP contribution in [0, 0.1) is 5.82 Å². The molecule has 250 valence electrons. The Balaban J connectivity index is 1.05. The van der Waals surface area contributed by atoms with Crippen molar-refractivity contribution in [3.63, 3.8) is 0 Å². The number of nitrogens with zero attached hydrogens (tertiary/aromatic N) is 6. The van der Waals surface area contributed by atoms with Crippen molar-refractivity contribution in [2.24, 2.45) is 7.05 Å². The molecule has 1 aromatic carbocycles. The van der Waals surface area contributed by atoms with E-state index in [-0.39, 0.29) is 23.6 Å². The number of ketones is 1. The molecule has 4 aliphatic heterocycles. The van der Waals surface area contributed by atoms with Crippen molar-refractivity contribution in [1.82, 2.24) is 19.4 Å². The summed E-state index contributed by atoms with van der Waals surface area (Å²) in [5.74, 6) is 0.0901. The summed E-state index contributed by atoms with van der Waals surface area (Å²) in [6, 6.07) is 8.86. The number of benzene rings is 1. The van der Waals surface area contributed by atoms with Gasteiger partial charge in [-0.2, -0.15) is 0 Å². The first-order valence-corrected chi connectivity index (χ1v) is 16.8. The Morgan fingerprint density at radius 1 is 1.02 bits per heavy atom. The molecule has 2 N–H and O–H groups in total. The molecule has 11 nitrogen and oxygen atoms in total. The van der Waals surface area contributed by atoms with E-state index in [0.717, 1.165) is 82.0 Å². The molecule has 0 unspecified atom stereocenters. The van der Waals surface area contributed by atoms with Gasteiger partial charge in [0.05, 0.1) is 37.7 Å². The normalized spacial score (nSPS) is 20.1. The molecule has 0 radical (unpaired) electrons. The van der Waals surface area contributed by atoms with Crippen LogP contribution in [0.3, 0.4) is 0 Å². The molecular formula is C36H40FN7O4. The first-order chi connectivity index (χ1) is 23.4. The van der Waals surface area contributed by atoms with E-state index in [0.29, 0.717) is 53.0 Å². The van der Waals surface area contributed by atoms with Gasteiger partial charge in [0.2, 0.25) is 5.78 Å². The Bertz CT molecular complexity index is 1880. The number of carbonyl (C=O) groups is 1. The fraction of sp³-hybridized carbons (Fsp3) is 0.417. The minimum atomic E-state index is -0.476. The molecule has 2 aromatic heterocycles. The van der Waals surface area contributed by atoms with Crippen LogP contribution in [0.1, 0.15) is 31.2 Å². The Kier molecular flexibility index (Phi) is 8.02. The van der Waals surface area contributed by atoms with Crippen molar-refractivity contribution >= 4 is 28.7 Å². The highest BCUT2D eigenvalue weighted by Gasteiger charge is 2.38. The number of rotatable bonds is 7. The Morgan fingerprint density at radius 3 is 2.56 bits per heavy atom. The van der Waals surface area contributed by atoms with E-state index in [9.17, 15) is 14.7 Å². The van der Waals surface area contributed by atoms with E-state index in [1.54, 1.807) is 25.5 Å². The number of aromatic nitrogens is 2. The van der Waals surface area contributed by atoms with E-state index < -0.39 is 5.82 Å². The minimum absolute atomic E-state index is 0.0500. The second-order valence-corrected chi connectivity index (χ2v) is 13.2. The van der Waals surface area contributed by atoms with Crippen LogP contribution in [0.2, 0.25) is 0 Å². The Morgan fingerprint density at radius 2 is 1.83 bits per heavy atom. The third kappa shape index (κ3) is 5.47. The first-order valence-electron chi connectivity index (χ1n) is 16.8. The summed E-state index contributed by atoms with van der Waals surface area (Å²) in [5.41, 5.74) is 5.75. The molecule has 12 heteroatoms. The van der Waals surface area contributed by atoms with Gasteiger partial charge in [-0.25, -0.2) is 9.37 Å². The lowest BCUT2D eigenvalue weighted by Gasteiger charge is -2.43. The van der Waals surface area contributed by atoms with Crippen molar-refractivity contribution < 1.29 is 19.0 Å². The van der Waals surface area contributed by atoms with Gasteiger partial charge >= 0.3 is 0 Å². The lowest BCUT2D eigenvalue weighted by Crippen LogP contribution is -2.56. The molecule has 2 saturated heterocycles. The third-order valence-electron chi connectivity index (χ3n) is 10.4. The second-order valence-electron chi connectivity index (χ2n) is 13.2. The van der Waals surface area contributed by atoms with E-state index in [1.165, 1.54) is 16.7 Å². The van der Waals surface area contributed by atoms with Crippen LogP contribution >= 0.6 is 0 Å². The van der Waals surface area contributed by atoms with E-state index in [1.807, 2.05) is 23.2 Å². The number of allylic oxidation sites excluding steroid dienone is 2. The Labute approximate surface area is 278 Å². The molecule has 2 fully saturated rings. The molecule has 0 bridgehead atoms. The number of halogens is 1. The standard InChI is InChI=1S/C36H40FN7O4/c1-40-18-23(14-30(36(40)47)39-34-7-6-25(17-38-34)41-8-10-42(11-9-41)26-21-48-22-26)28-15-24(37)16-32(29(28)20-45)43-12-13-44-31-5-3-2-4-27(31)35(46)33(44)19-43/h6-7,14-19,26,45H,2-5,8-13,20-22H2,1H3,(H,38,39). The van der Waals surface area contributed by atoms with Crippen LogP contribution in [0.25, 0.3) is 11.1 Å².